The number of carbonyl (C=O) groups excluding carboxylic acids is 2. The maximum atomic E-state index is 14.4. The number of nitrogens with zero attached hydrogens (tertiary/aromatic N) is 2. The fourth-order valence-electron chi connectivity index (χ4n) is 9.36. The summed E-state index contributed by atoms with van der Waals surface area (Å²) in [5.41, 5.74) is 7.72. The van der Waals surface area contributed by atoms with Crippen LogP contribution in [0.5, 0.6) is 11.5 Å². The van der Waals surface area contributed by atoms with Crippen molar-refractivity contribution in [3.8, 4) is 11.5 Å². The predicted molar refractivity (Wildman–Crippen MR) is 202 cm³/mol. The first kappa shape index (κ1) is 39.9. The number of anilines is 1. The minimum absolute atomic E-state index is 0.0442. The first-order valence-corrected chi connectivity index (χ1v) is 19.5. The molecule has 0 radical (unpaired) electrons. The molecule has 1 amide bonds. The van der Waals surface area contributed by atoms with Crippen molar-refractivity contribution in [3.63, 3.8) is 0 Å². The first-order chi connectivity index (χ1) is 25.8. The highest BCUT2D eigenvalue weighted by Crippen LogP contribution is 2.58. The number of aromatic nitrogens is 1. The van der Waals surface area contributed by atoms with E-state index in [1.165, 1.54) is 29.8 Å². The van der Waals surface area contributed by atoms with Gasteiger partial charge in [-0.3, -0.25) is 14.7 Å². The number of rotatable bonds is 13. The molecule has 0 saturated heterocycles. The quantitative estimate of drug-likeness (QED) is 0.137. The fraction of sp³-hybridized carbons (Fsp3) is 0.548. The van der Waals surface area contributed by atoms with E-state index in [1.807, 2.05) is 18.3 Å². The fourth-order valence-corrected chi connectivity index (χ4v) is 9.55. The molecule has 12 heteroatoms. The number of fused-ring (bicyclic) bond motifs is 3. The average Bonchev–Trinajstić information content (AvgIpc) is 3.43. The van der Waals surface area contributed by atoms with E-state index in [2.05, 4.69) is 31.0 Å². The molecule has 3 aliphatic carbocycles. The van der Waals surface area contributed by atoms with Gasteiger partial charge in [-0.05, 0) is 148 Å². The van der Waals surface area contributed by atoms with Gasteiger partial charge in [0.05, 0.1) is 20.3 Å². The molecular formula is C42H51ClF3N3O5. The zero-order chi connectivity index (χ0) is 38.7. The van der Waals surface area contributed by atoms with E-state index in [4.69, 9.17) is 31.5 Å². The van der Waals surface area contributed by atoms with Crippen LogP contribution in [-0.2, 0) is 32.6 Å². The summed E-state index contributed by atoms with van der Waals surface area (Å²) in [5.74, 6) is -0.817. The zero-order valence-corrected chi connectivity index (χ0v) is 32.1. The molecule has 0 unspecified atom stereocenters. The van der Waals surface area contributed by atoms with Crippen molar-refractivity contribution in [1.29, 1.82) is 0 Å². The number of hydrogen-bond donors (Lipinski definition) is 1. The lowest BCUT2D eigenvalue weighted by Crippen LogP contribution is -2.63. The van der Waals surface area contributed by atoms with Crippen LogP contribution in [0, 0.1) is 11.8 Å². The van der Waals surface area contributed by atoms with E-state index < -0.39 is 29.0 Å². The minimum Gasteiger partial charge on any atom is -0.494 e. The monoisotopic (exact) mass is 769 g/mol. The third-order valence-electron chi connectivity index (χ3n) is 12.0. The highest BCUT2D eigenvalue weighted by atomic mass is 35.5. The van der Waals surface area contributed by atoms with Gasteiger partial charge in [0.15, 0.2) is 0 Å². The number of hydrogen-bond acceptors (Lipinski definition) is 7. The normalized spacial score (nSPS) is 24.0. The molecular weight excluding hydrogens is 719 g/mol. The van der Waals surface area contributed by atoms with Gasteiger partial charge in [-0.25, -0.2) is 4.79 Å². The number of halogens is 4. The molecule has 54 heavy (non-hydrogen) atoms. The number of amides is 1. The largest absolute Gasteiger partial charge is 0.494 e. The number of pyridine rings is 1. The topological polar surface area (TPSA) is 104 Å². The van der Waals surface area contributed by atoms with Gasteiger partial charge in [0.2, 0.25) is 0 Å². The Balaban J connectivity index is 1.32. The molecule has 0 aliphatic heterocycles. The Bertz CT molecular complexity index is 1810. The lowest BCUT2D eigenvalue weighted by Gasteiger charge is -2.51. The number of methoxy groups -OCH3 is 1. The third-order valence-corrected chi connectivity index (χ3v) is 12.2. The summed E-state index contributed by atoms with van der Waals surface area (Å²) in [6.07, 6.45) is 3.54. The molecule has 1 saturated carbocycles. The minimum atomic E-state index is -5.25. The van der Waals surface area contributed by atoms with Gasteiger partial charge < -0.3 is 19.9 Å². The number of esters is 1. The van der Waals surface area contributed by atoms with Gasteiger partial charge in [0.1, 0.15) is 17.0 Å². The van der Waals surface area contributed by atoms with Crippen molar-refractivity contribution in [2.24, 2.45) is 17.6 Å². The van der Waals surface area contributed by atoms with Crippen LogP contribution < -0.4 is 20.1 Å². The Morgan fingerprint density at radius 2 is 1.85 bits per heavy atom. The molecule has 8 nitrogen and oxygen atoms in total. The van der Waals surface area contributed by atoms with Crippen LogP contribution in [0.4, 0.5) is 18.9 Å². The molecule has 3 aliphatic rings. The maximum Gasteiger partial charge on any atom is 0.471 e. The van der Waals surface area contributed by atoms with E-state index in [-0.39, 0.29) is 35.4 Å². The second kappa shape index (κ2) is 16.5. The second-order valence-corrected chi connectivity index (χ2v) is 15.9. The number of unbranched alkanes of at least 4 members (excludes halogenated alkanes) is 1. The van der Waals surface area contributed by atoms with Crippen molar-refractivity contribution in [1.82, 2.24) is 4.98 Å². The summed E-state index contributed by atoms with van der Waals surface area (Å²) in [5, 5.41) is 0.140. The van der Waals surface area contributed by atoms with Gasteiger partial charge in [-0.1, -0.05) is 37.6 Å². The van der Waals surface area contributed by atoms with Crippen LogP contribution in [-0.4, -0.2) is 55.4 Å². The molecule has 2 N–H and O–H groups in total. The van der Waals surface area contributed by atoms with E-state index >= 15 is 0 Å². The smallest absolute Gasteiger partial charge is 0.471 e. The summed E-state index contributed by atoms with van der Waals surface area (Å²) < 4.78 is 61.0. The van der Waals surface area contributed by atoms with Crippen LogP contribution in [0.25, 0.3) is 0 Å². The van der Waals surface area contributed by atoms with E-state index in [1.54, 1.807) is 0 Å². The Labute approximate surface area is 320 Å². The Morgan fingerprint density at radius 3 is 2.56 bits per heavy atom. The van der Waals surface area contributed by atoms with Crippen LogP contribution >= 0.6 is 11.6 Å². The number of carbonyl (C=O) groups is 2. The van der Waals surface area contributed by atoms with Crippen LogP contribution in [0.15, 0.2) is 54.7 Å². The number of ether oxygens (including phenoxy) is 3. The standard InChI is InChI=1S/C42H51ClF3N3O5/c1-27(26-54-36-14-20-48-35-11-6-8-28(2)37(35)36)22-30-23-29-12-13-33(53-21-5-4-19-47)25-34(29)40(30)15-17-41(18-16-40,39(51)52-3)49(38(50)42(44,45)46)32-10-7-9-31(43)24-32/h7,9-10,12-14,20,24-25,27-28,30H,4-6,8,11,15-19,21-23,26,47H2,1-3H3/t27-,28-,30+,40?,41?/m1/s1. The van der Waals surface area contributed by atoms with Crippen molar-refractivity contribution < 1.29 is 37.0 Å². The Kier molecular flexibility index (Phi) is 12.2. The molecule has 1 heterocycles. The average molecular weight is 770 g/mol. The second-order valence-electron chi connectivity index (χ2n) is 15.5. The van der Waals surface area contributed by atoms with Crippen LogP contribution in [0.2, 0.25) is 5.02 Å². The molecule has 1 aromatic heterocycles. The molecule has 1 fully saturated rings. The van der Waals surface area contributed by atoms with Crippen molar-refractivity contribution in [3.05, 3.63) is 82.1 Å². The maximum absolute atomic E-state index is 14.4. The first-order valence-electron chi connectivity index (χ1n) is 19.1. The molecule has 292 valence electrons. The number of nitrogens with two attached hydrogens (primary N) is 1. The Hall–Kier alpha value is -3.83. The van der Waals surface area contributed by atoms with Crippen molar-refractivity contribution in [2.75, 3.05) is 31.8 Å². The predicted octanol–water partition coefficient (Wildman–Crippen LogP) is 8.89. The summed E-state index contributed by atoms with van der Waals surface area (Å²) in [4.78, 5) is 32.4. The van der Waals surface area contributed by atoms with Crippen LogP contribution in [0.1, 0.15) is 99.9 Å². The SMILES string of the molecule is COC(=O)C1(N(C(=O)C(F)(F)F)c2cccc(Cl)c2)CCC2(CC1)c1cc(OCCCCN)ccc1C[C@@H]2C[C@@H](C)COc1ccnc2c1[C@H](C)CCC2. The molecule has 0 bridgehead atoms. The van der Waals surface area contributed by atoms with Gasteiger partial charge in [0, 0.05) is 28.2 Å². The zero-order valence-electron chi connectivity index (χ0n) is 31.4. The summed E-state index contributed by atoms with van der Waals surface area (Å²) in [7, 11) is 1.15. The number of aryl methyl sites for hydroxylation is 1. The van der Waals surface area contributed by atoms with E-state index in [0.29, 0.717) is 43.4 Å². The third kappa shape index (κ3) is 7.94. The molecule has 1 spiro atoms. The summed E-state index contributed by atoms with van der Waals surface area (Å²) >= 11 is 6.24. The summed E-state index contributed by atoms with van der Waals surface area (Å²) in [6.45, 7) is 5.98. The molecule has 3 aromatic rings. The van der Waals surface area contributed by atoms with Gasteiger partial charge in [0.25, 0.3) is 0 Å². The summed E-state index contributed by atoms with van der Waals surface area (Å²) in [6, 6.07) is 13.7. The highest BCUT2D eigenvalue weighted by Gasteiger charge is 2.60. The lowest BCUT2D eigenvalue weighted by molar-refractivity contribution is -0.174. The Morgan fingerprint density at radius 1 is 1.07 bits per heavy atom. The number of alkyl halides is 3. The van der Waals surface area contributed by atoms with Gasteiger partial charge >= 0.3 is 18.1 Å². The highest BCUT2D eigenvalue weighted by molar-refractivity contribution is 6.31. The lowest BCUT2D eigenvalue weighted by atomic mass is 9.59. The van der Waals surface area contributed by atoms with Gasteiger partial charge in [-0.2, -0.15) is 13.2 Å². The molecule has 3 atom stereocenters. The molecule has 6 rings (SSSR count). The van der Waals surface area contributed by atoms with Crippen molar-refractivity contribution >= 4 is 29.2 Å². The molecule has 2 aromatic carbocycles. The number of benzene rings is 2. The van der Waals surface area contributed by atoms with Crippen LogP contribution in [0.3, 0.4) is 0 Å². The van der Waals surface area contributed by atoms with Crippen molar-refractivity contribution in [2.45, 2.75) is 108 Å². The van der Waals surface area contributed by atoms with E-state index in [0.717, 1.165) is 80.4 Å². The van der Waals surface area contributed by atoms with E-state index in [9.17, 15) is 22.8 Å². The van der Waals surface area contributed by atoms with Gasteiger partial charge in [-0.15, -0.1) is 0 Å².